The Balaban J connectivity index is 1.52. The molecular weight excluding hydrogens is 386 g/mol. The molecule has 0 amide bonds. The summed E-state index contributed by atoms with van der Waals surface area (Å²) in [6.45, 7) is 2.00. The number of imidazole rings is 2. The van der Waals surface area contributed by atoms with Crippen molar-refractivity contribution in [2.45, 2.75) is 56.9 Å². The van der Waals surface area contributed by atoms with Crippen LogP contribution in [0, 0.1) is 5.92 Å². The smallest absolute Gasteiger partial charge is 0.227 e. The third-order valence-electron chi connectivity index (χ3n) is 5.69. The van der Waals surface area contributed by atoms with Crippen LogP contribution < -0.4 is 0 Å². The number of sulfone groups is 1. The van der Waals surface area contributed by atoms with Gasteiger partial charge in [0.1, 0.15) is 5.82 Å². The van der Waals surface area contributed by atoms with Gasteiger partial charge in [-0.3, -0.25) is 4.90 Å². The first-order chi connectivity index (χ1) is 13.9. The van der Waals surface area contributed by atoms with Crippen LogP contribution in [-0.4, -0.2) is 46.1 Å². The van der Waals surface area contributed by atoms with Crippen molar-refractivity contribution in [3.8, 4) is 0 Å². The highest BCUT2D eigenvalue weighted by atomic mass is 32.2. The number of nitrogens with zero attached hydrogens (tertiary/aromatic N) is 4. The second-order valence-electron chi connectivity index (χ2n) is 8.29. The average Bonchev–Trinajstić information content (AvgIpc) is 3.26. The maximum absolute atomic E-state index is 12.3. The summed E-state index contributed by atoms with van der Waals surface area (Å²) in [6.07, 6.45) is 9.03. The van der Waals surface area contributed by atoms with E-state index in [1.807, 2.05) is 35.9 Å². The zero-order valence-electron chi connectivity index (χ0n) is 17.1. The van der Waals surface area contributed by atoms with Gasteiger partial charge in [-0.25, -0.2) is 18.4 Å². The van der Waals surface area contributed by atoms with Gasteiger partial charge in [0.2, 0.25) is 15.0 Å². The quantitative estimate of drug-likeness (QED) is 0.640. The number of hydrogen-bond acceptors (Lipinski definition) is 5. The fourth-order valence-corrected chi connectivity index (χ4v) is 5.14. The SMILES string of the molecule is CN(Cc1nc2ccccc2[nH]1)Cc1cnc(S(C)(=O)=O)n1CC1CCCCC1. The highest BCUT2D eigenvalue weighted by Crippen LogP contribution is 2.27. The number of benzene rings is 1. The molecule has 1 aliphatic rings. The zero-order chi connectivity index (χ0) is 20.4. The lowest BCUT2D eigenvalue weighted by molar-refractivity contribution is 0.279. The summed E-state index contributed by atoms with van der Waals surface area (Å²) in [6, 6.07) is 7.98. The molecule has 1 saturated carbocycles. The van der Waals surface area contributed by atoms with Crippen LogP contribution in [0.4, 0.5) is 0 Å². The molecule has 1 aliphatic carbocycles. The van der Waals surface area contributed by atoms with E-state index in [0.29, 0.717) is 19.0 Å². The van der Waals surface area contributed by atoms with Gasteiger partial charge in [0.15, 0.2) is 0 Å². The Kier molecular flexibility index (Phi) is 5.74. The summed E-state index contributed by atoms with van der Waals surface area (Å²) in [5, 5.41) is 0.190. The Morgan fingerprint density at radius 2 is 1.93 bits per heavy atom. The van der Waals surface area contributed by atoms with Gasteiger partial charge in [-0.15, -0.1) is 0 Å². The lowest BCUT2D eigenvalue weighted by atomic mass is 9.89. The Hall–Kier alpha value is -2.19. The monoisotopic (exact) mass is 415 g/mol. The maximum Gasteiger partial charge on any atom is 0.227 e. The molecule has 2 aromatic heterocycles. The van der Waals surface area contributed by atoms with Crippen LogP contribution in [0.2, 0.25) is 0 Å². The van der Waals surface area contributed by atoms with E-state index >= 15 is 0 Å². The molecule has 0 saturated heterocycles. The van der Waals surface area contributed by atoms with Crippen molar-refractivity contribution >= 4 is 20.9 Å². The van der Waals surface area contributed by atoms with Crippen molar-refractivity contribution in [1.29, 1.82) is 0 Å². The molecule has 2 heterocycles. The molecule has 4 rings (SSSR count). The van der Waals surface area contributed by atoms with Crippen molar-refractivity contribution < 1.29 is 8.42 Å². The molecule has 156 valence electrons. The molecule has 3 aromatic rings. The highest BCUT2D eigenvalue weighted by molar-refractivity contribution is 7.90. The molecule has 0 aliphatic heterocycles. The Morgan fingerprint density at radius 3 is 2.66 bits per heavy atom. The molecule has 0 bridgehead atoms. The molecule has 1 aromatic carbocycles. The van der Waals surface area contributed by atoms with Gasteiger partial charge >= 0.3 is 0 Å². The summed E-state index contributed by atoms with van der Waals surface area (Å²) in [5.41, 5.74) is 2.92. The number of aromatic amines is 1. The molecule has 1 N–H and O–H groups in total. The van der Waals surface area contributed by atoms with Crippen molar-refractivity contribution in [3.63, 3.8) is 0 Å². The highest BCUT2D eigenvalue weighted by Gasteiger charge is 2.23. The van der Waals surface area contributed by atoms with Crippen molar-refractivity contribution in [3.05, 3.63) is 42.0 Å². The van der Waals surface area contributed by atoms with E-state index in [1.54, 1.807) is 6.20 Å². The van der Waals surface area contributed by atoms with Crippen LogP contribution in [0.3, 0.4) is 0 Å². The molecular formula is C21H29N5O2S. The topological polar surface area (TPSA) is 83.9 Å². The number of rotatable bonds is 7. The fourth-order valence-electron chi connectivity index (χ4n) is 4.31. The Labute approximate surface area is 172 Å². The number of H-pyrrole nitrogens is 1. The predicted octanol–water partition coefficient (Wildman–Crippen LogP) is 3.38. The van der Waals surface area contributed by atoms with Crippen LogP contribution in [0.1, 0.15) is 43.6 Å². The van der Waals surface area contributed by atoms with Crippen molar-refractivity contribution in [2.75, 3.05) is 13.3 Å². The molecule has 0 spiro atoms. The van der Waals surface area contributed by atoms with E-state index in [0.717, 1.165) is 41.9 Å². The first-order valence-corrected chi connectivity index (χ1v) is 12.2. The first-order valence-electron chi connectivity index (χ1n) is 10.3. The molecule has 8 heteroatoms. The van der Waals surface area contributed by atoms with E-state index in [9.17, 15) is 8.42 Å². The van der Waals surface area contributed by atoms with E-state index in [1.165, 1.54) is 25.5 Å². The van der Waals surface area contributed by atoms with Gasteiger partial charge in [0.05, 0.1) is 29.5 Å². The van der Waals surface area contributed by atoms with E-state index in [2.05, 4.69) is 19.9 Å². The van der Waals surface area contributed by atoms with Crippen LogP contribution in [0.25, 0.3) is 11.0 Å². The van der Waals surface area contributed by atoms with Gasteiger partial charge < -0.3 is 9.55 Å². The van der Waals surface area contributed by atoms with Gasteiger partial charge in [-0.1, -0.05) is 31.4 Å². The maximum atomic E-state index is 12.3. The molecule has 7 nitrogen and oxygen atoms in total. The van der Waals surface area contributed by atoms with E-state index < -0.39 is 9.84 Å². The minimum atomic E-state index is -3.36. The third kappa shape index (κ3) is 4.70. The van der Waals surface area contributed by atoms with E-state index in [-0.39, 0.29) is 5.16 Å². The number of hydrogen-bond donors (Lipinski definition) is 1. The lowest BCUT2D eigenvalue weighted by Gasteiger charge is -2.24. The molecule has 0 unspecified atom stereocenters. The van der Waals surface area contributed by atoms with Crippen LogP contribution in [0.15, 0.2) is 35.6 Å². The standard InChI is InChI=1S/C21H29N5O2S/c1-25(15-20-23-18-10-6-7-11-19(18)24-20)14-17-12-22-21(29(2,27)28)26(17)13-16-8-4-3-5-9-16/h6-7,10-12,16H,3-5,8-9,13-15H2,1-2H3,(H,23,24). The summed E-state index contributed by atoms with van der Waals surface area (Å²) in [7, 11) is -1.34. The lowest BCUT2D eigenvalue weighted by Crippen LogP contribution is -2.24. The van der Waals surface area contributed by atoms with Gasteiger partial charge in [-0.05, 0) is 37.9 Å². The molecule has 0 atom stereocenters. The molecule has 0 radical (unpaired) electrons. The van der Waals surface area contributed by atoms with Gasteiger partial charge in [0.25, 0.3) is 0 Å². The number of aromatic nitrogens is 4. The van der Waals surface area contributed by atoms with Gasteiger partial charge in [0, 0.05) is 19.3 Å². The largest absolute Gasteiger partial charge is 0.341 e. The van der Waals surface area contributed by atoms with Gasteiger partial charge in [-0.2, -0.15) is 0 Å². The van der Waals surface area contributed by atoms with Crippen LogP contribution >= 0.6 is 0 Å². The minimum absolute atomic E-state index is 0.190. The second kappa shape index (κ2) is 8.28. The fraction of sp³-hybridized carbons (Fsp3) is 0.524. The minimum Gasteiger partial charge on any atom is -0.341 e. The van der Waals surface area contributed by atoms with Crippen LogP contribution in [-0.2, 0) is 29.5 Å². The normalized spacial score (nSPS) is 16.1. The zero-order valence-corrected chi connectivity index (χ0v) is 18.0. The summed E-state index contributed by atoms with van der Waals surface area (Å²) >= 11 is 0. The summed E-state index contributed by atoms with van der Waals surface area (Å²) in [4.78, 5) is 14.4. The van der Waals surface area contributed by atoms with Crippen molar-refractivity contribution in [2.24, 2.45) is 5.92 Å². The summed E-state index contributed by atoms with van der Waals surface area (Å²) < 4.78 is 26.5. The number of fused-ring (bicyclic) bond motifs is 1. The predicted molar refractivity (Wildman–Crippen MR) is 113 cm³/mol. The van der Waals surface area contributed by atoms with E-state index in [4.69, 9.17) is 0 Å². The first kappa shape index (κ1) is 20.1. The molecule has 1 fully saturated rings. The number of nitrogens with one attached hydrogen (secondary N) is 1. The Morgan fingerprint density at radius 1 is 1.17 bits per heavy atom. The Bertz CT molecular complexity index is 1050. The average molecular weight is 416 g/mol. The van der Waals surface area contributed by atoms with Crippen LogP contribution in [0.5, 0.6) is 0 Å². The third-order valence-corrected chi connectivity index (χ3v) is 6.68. The second-order valence-corrected chi connectivity index (χ2v) is 10.2. The number of para-hydroxylation sites is 2. The van der Waals surface area contributed by atoms with Crippen molar-refractivity contribution in [1.82, 2.24) is 24.4 Å². The summed E-state index contributed by atoms with van der Waals surface area (Å²) in [5.74, 6) is 1.42. The molecule has 29 heavy (non-hydrogen) atoms.